The van der Waals surface area contributed by atoms with E-state index in [9.17, 15) is 24.2 Å². The van der Waals surface area contributed by atoms with Gasteiger partial charge in [0, 0.05) is 19.4 Å². The van der Waals surface area contributed by atoms with Crippen molar-refractivity contribution in [1.29, 1.82) is 0 Å². The van der Waals surface area contributed by atoms with Crippen molar-refractivity contribution in [2.75, 3.05) is 26.4 Å². The van der Waals surface area contributed by atoms with Gasteiger partial charge in [0.25, 0.3) is 0 Å². The summed E-state index contributed by atoms with van der Waals surface area (Å²) >= 11 is 0. The first-order valence-electron chi connectivity index (χ1n) is 17.8. The van der Waals surface area contributed by atoms with Crippen LogP contribution in [0.25, 0.3) is 0 Å². The molecular weight excluding hydrogens is 593 g/mol. The molecule has 10 heteroatoms. The molecule has 0 aliphatic rings. The van der Waals surface area contributed by atoms with E-state index in [0.717, 1.165) is 77.0 Å². The maximum absolute atomic E-state index is 12.0. The van der Waals surface area contributed by atoms with Gasteiger partial charge in [-0.25, -0.2) is 4.57 Å². The first-order valence-corrected chi connectivity index (χ1v) is 19.3. The van der Waals surface area contributed by atoms with E-state index in [0.29, 0.717) is 6.42 Å². The van der Waals surface area contributed by atoms with Crippen LogP contribution in [0.15, 0.2) is 24.3 Å². The molecule has 3 N–H and O–H groups in total. The van der Waals surface area contributed by atoms with Gasteiger partial charge in [-0.2, -0.15) is 0 Å². The zero-order valence-electron chi connectivity index (χ0n) is 28.6. The van der Waals surface area contributed by atoms with Gasteiger partial charge >= 0.3 is 13.8 Å². The monoisotopic (exact) mass is 659 g/mol. The summed E-state index contributed by atoms with van der Waals surface area (Å²) in [6.07, 6.45) is 31.1. The number of unbranched alkanes of at least 4 members (excludes halogenated alkanes) is 16. The fraction of sp³-hybridized carbons (Fsp3) is 0.829. The van der Waals surface area contributed by atoms with Crippen molar-refractivity contribution in [3.05, 3.63) is 24.3 Å². The number of ether oxygens (including phenoxy) is 1. The fourth-order valence-corrected chi connectivity index (χ4v) is 5.35. The lowest BCUT2D eigenvalue weighted by molar-refractivity contribution is -0.147. The summed E-state index contributed by atoms with van der Waals surface area (Å²) < 4.78 is 26.7. The summed E-state index contributed by atoms with van der Waals surface area (Å²) in [5, 5.41) is 12.6. The molecule has 264 valence electrons. The van der Waals surface area contributed by atoms with Gasteiger partial charge in [0.1, 0.15) is 12.7 Å². The fourth-order valence-electron chi connectivity index (χ4n) is 4.59. The van der Waals surface area contributed by atoms with Gasteiger partial charge in [0.2, 0.25) is 5.91 Å². The molecule has 0 bridgehead atoms. The minimum Gasteiger partial charge on any atom is -0.463 e. The number of hydrogen-bond donors (Lipinski definition) is 3. The highest BCUT2D eigenvalue weighted by molar-refractivity contribution is 7.47. The van der Waals surface area contributed by atoms with Gasteiger partial charge in [-0.15, -0.1) is 0 Å². The average molecular weight is 660 g/mol. The third-order valence-electron chi connectivity index (χ3n) is 7.35. The second kappa shape index (κ2) is 32.4. The lowest BCUT2D eigenvalue weighted by Gasteiger charge is -2.15. The van der Waals surface area contributed by atoms with Crippen LogP contribution in [0.4, 0.5) is 0 Å². The number of phosphoric ester groups is 1. The number of carbonyl (C=O) groups is 2. The molecule has 0 aromatic rings. The maximum atomic E-state index is 12.0. The Hall–Kier alpha value is -1.51. The number of nitrogens with one attached hydrogen (secondary N) is 1. The summed E-state index contributed by atoms with van der Waals surface area (Å²) in [5.41, 5.74) is 0. The third kappa shape index (κ3) is 33.7. The molecule has 0 fully saturated rings. The van der Waals surface area contributed by atoms with E-state index in [1.165, 1.54) is 51.4 Å². The van der Waals surface area contributed by atoms with Crippen molar-refractivity contribution in [1.82, 2.24) is 5.32 Å². The lowest BCUT2D eigenvalue weighted by Crippen LogP contribution is -2.27. The zero-order valence-corrected chi connectivity index (χ0v) is 29.5. The number of allylic oxidation sites excluding steroid dienone is 4. The second-order valence-corrected chi connectivity index (χ2v) is 13.3. The summed E-state index contributed by atoms with van der Waals surface area (Å²) in [6.45, 7) is 3.45. The number of carbonyl (C=O) groups excluding carboxylic acids is 2. The largest absolute Gasteiger partial charge is 0.472 e. The van der Waals surface area contributed by atoms with Crippen molar-refractivity contribution >= 4 is 19.7 Å². The molecule has 45 heavy (non-hydrogen) atoms. The molecule has 0 aliphatic heterocycles. The van der Waals surface area contributed by atoms with Gasteiger partial charge in [-0.1, -0.05) is 109 Å². The van der Waals surface area contributed by atoms with Crippen LogP contribution in [0.5, 0.6) is 0 Å². The quantitative estimate of drug-likeness (QED) is 0.0276. The minimum absolute atomic E-state index is 0.0772. The molecular formula is C35H66NO8P. The summed E-state index contributed by atoms with van der Waals surface area (Å²) in [4.78, 5) is 33.6. The van der Waals surface area contributed by atoms with Gasteiger partial charge in [0.15, 0.2) is 0 Å². The Balaban J connectivity index is 3.66. The van der Waals surface area contributed by atoms with Crippen molar-refractivity contribution in [3.8, 4) is 0 Å². The first kappa shape index (κ1) is 43.5. The Morgan fingerprint density at radius 1 is 0.667 bits per heavy atom. The topological polar surface area (TPSA) is 131 Å². The normalized spacial score (nSPS) is 13.8. The van der Waals surface area contributed by atoms with E-state index < -0.39 is 26.5 Å². The SMILES string of the molecule is CCCC/C=C\CCCCCCCC(=O)OCC(O)COP(=O)(O)OCCNC(=O)CCCCCCC/C=C\CCCCCC. The number of rotatable bonds is 33. The van der Waals surface area contributed by atoms with E-state index >= 15 is 0 Å². The number of aliphatic hydroxyl groups is 1. The molecule has 2 atom stereocenters. The van der Waals surface area contributed by atoms with Crippen LogP contribution in [0.3, 0.4) is 0 Å². The summed E-state index contributed by atoms with van der Waals surface area (Å²) in [6, 6.07) is 0. The van der Waals surface area contributed by atoms with Crippen LogP contribution >= 0.6 is 7.82 Å². The minimum atomic E-state index is -4.41. The molecule has 2 unspecified atom stereocenters. The molecule has 0 rings (SSSR count). The van der Waals surface area contributed by atoms with Crippen LogP contribution in [-0.2, 0) is 27.9 Å². The highest BCUT2D eigenvalue weighted by atomic mass is 31.2. The summed E-state index contributed by atoms with van der Waals surface area (Å²) in [7, 11) is -4.41. The van der Waals surface area contributed by atoms with Crippen LogP contribution in [0.1, 0.15) is 155 Å². The second-order valence-electron chi connectivity index (χ2n) is 11.8. The van der Waals surface area contributed by atoms with Crippen LogP contribution in [0.2, 0.25) is 0 Å². The van der Waals surface area contributed by atoms with Crippen LogP contribution in [-0.4, -0.2) is 54.3 Å². The highest BCUT2D eigenvalue weighted by Crippen LogP contribution is 2.42. The van der Waals surface area contributed by atoms with Crippen molar-refractivity contribution in [2.24, 2.45) is 0 Å². The Morgan fingerprint density at radius 2 is 1.16 bits per heavy atom. The third-order valence-corrected chi connectivity index (χ3v) is 8.34. The van der Waals surface area contributed by atoms with E-state index in [-0.39, 0.29) is 32.1 Å². The van der Waals surface area contributed by atoms with Crippen molar-refractivity contribution in [3.63, 3.8) is 0 Å². The van der Waals surface area contributed by atoms with Crippen molar-refractivity contribution in [2.45, 2.75) is 161 Å². The maximum Gasteiger partial charge on any atom is 0.472 e. The standard InChI is InChI=1S/C35H66NO8P/c1-3-5-7-9-11-13-15-16-18-19-21-23-25-27-34(38)36-29-30-43-45(40,41)44-32-33(37)31-42-35(39)28-26-24-22-20-17-14-12-10-8-6-4-2/h10,12-13,15,33,37H,3-9,11,14,16-32H2,1-2H3,(H,36,38)(H,40,41)/b12-10-,15-13-. The molecule has 9 nitrogen and oxygen atoms in total. The van der Waals surface area contributed by atoms with Crippen LogP contribution < -0.4 is 5.32 Å². The van der Waals surface area contributed by atoms with Crippen molar-refractivity contribution < 1.29 is 37.9 Å². The summed E-state index contributed by atoms with van der Waals surface area (Å²) in [5.74, 6) is -0.538. The molecule has 0 heterocycles. The Bertz CT molecular complexity index is 805. The number of esters is 1. The van der Waals surface area contributed by atoms with E-state index in [2.05, 4.69) is 43.5 Å². The predicted molar refractivity (Wildman–Crippen MR) is 183 cm³/mol. The van der Waals surface area contributed by atoms with E-state index in [1.807, 2.05) is 0 Å². The van der Waals surface area contributed by atoms with Gasteiger partial charge in [0.05, 0.1) is 13.2 Å². The Morgan fingerprint density at radius 3 is 1.73 bits per heavy atom. The van der Waals surface area contributed by atoms with Gasteiger partial charge < -0.3 is 20.1 Å². The zero-order chi connectivity index (χ0) is 33.3. The lowest BCUT2D eigenvalue weighted by atomic mass is 10.1. The molecule has 0 aromatic carbocycles. The van der Waals surface area contributed by atoms with E-state index in [1.54, 1.807) is 0 Å². The predicted octanol–water partition coefficient (Wildman–Crippen LogP) is 8.87. The molecule has 0 saturated carbocycles. The smallest absolute Gasteiger partial charge is 0.463 e. The molecule has 0 radical (unpaired) electrons. The number of amides is 1. The Labute approximate surface area is 274 Å². The Kier molecular flexibility index (Phi) is 31.3. The van der Waals surface area contributed by atoms with Crippen LogP contribution in [0, 0.1) is 0 Å². The molecule has 0 saturated heterocycles. The van der Waals surface area contributed by atoms with E-state index in [4.69, 9.17) is 13.8 Å². The number of hydrogen-bond acceptors (Lipinski definition) is 7. The number of aliphatic hydroxyl groups excluding tert-OH is 1. The average Bonchev–Trinajstić information content (AvgIpc) is 3.02. The molecule has 1 amide bonds. The highest BCUT2D eigenvalue weighted by Gasteiger charge is 2.23. The number of phosphoric acid groups is 1. The first-order chi connectivity index (χ1) is 21.8. The van der Waals surface area contributed by atoms with Gasteiger partial charge in [-0.05, 0) is 57.8 Å². The molecule has 0 aliphatic carbocycles. The van der Waals surface area contributed by atoms with Gasteiger partial charge in [-0.3, -0.25) is 18.6 Å². The molecule has 0 spiro atoms. The molecule has 0 aromatic heterocycles.